The molecule has 11 nitrogen and oxygen atoms in total. The highest BCUT2D eigenvalue weighted by Gasteiger charge is 2.39. The molecule has 1 saturated carbocycles. The summed E-state index contributed by atoms with van der Waals surface area (Å²) in [6.07, 6.45) is 4.89. The van der Waals surface area contributed by atoms with Crippen molar-refractivity contribution in [2.45, 2.75) is 51.1 Å². The summed E-state index contributed by atoms with van der Waals surface area (Å²) in [5.74, 6) is -0.0660. The molecule has 5 rings (SSSR count). The Bertz CT molecular complexity index is 1360. The van der Waals surface area contributed by atoms with E-state index >= 15 is 0 Å². The molecule has 5 N–H and O–H groups in total. The monoisotopic (exact) mass is 539 g/mol. The Labute approximate surface area is 223 Å². The maximum absolute atomic E-state index is 14.2. The van der Waals surface area contributed by atoms with E-state index in [0.29, 0.717) is 36.2 Å². The van der Waals surface area contributed by atoms with Crippen LogP contribution in [-0.2, 0) is 4.79 Å². The summed E-state index contributed by atoms with van der Waals surface area (Å²) in [5, 5.41) is 3.12. The van der Waals surface area contributed by atoms with Gasteiger partial charge < -0.3 is 30.7 Å². The van der Waals surface area contributed by atoms with Crippen LogP contribution in [0.25, 0.3) is 0 Å². The molecule has 3 heterocycles. The first-order valence-corrected chi connectivity index (χ1v) is 13.3. The number of nitrogens with one attached hydrogen (secondary N) is 1. The van der Waals surface area contributed by atoms with E-state index in [9.17, 15) is 14.4 Å². The van der Waals surface area contributed by atoms with Gasteiger partial charge in [0, 0.05) is 17.8 Å². The maximum Gasteiger partial charge on any atom is 0.273 e. The van der Waals surface area contributed by atoms with Crippen molar-refractivity contribution in [3.05, 3.63) is 52.4 Å². The third-order valence-corrected chi connectivity index (χ3v) is 7.52. The molecule has 0 bridgehead atoms. The molecule has 1 aliphatic heterocycles. The van der Waals surface area contributed by atoms with Crippen LogP contribution in [0.3, 0.4) is 0 Å². The van der Waals surface area contributed by atoms with E-state index in [1.165, 1.54) is 4.90 Å². The number of aromatic nitrogens is 1. The number of carbonyl (C=O) groups is 3. The Morgan fingerprint density at radius 1 is 1.08 bits per heavy atom. The highest BCUT2D eigenvalue weighted by molar-refractivity contribution is 7.09. The molecular weight excluding hydrogens is 510 g/mol. The van der Waals surface area contributed by atoms with E-state index in [-0.39, 0.29) is 28.1 Å². The number of hydrogen-bond donors (Lipinski definition) is 3. The number of anilines is 2. The molecule has 1 aliphatic carbocycles. The molecular formula is C26H29N5O6S. The van der Waals surface area contributed by atoms with Crippen molar-refractivity contribution in [1.29, 1.82) is 0 Å². The molecule has 3 aromatic rings. The molecule has 1 unspecified atom stereocenters. The van der Waals surface area contributed by atoms with Crippen molar-refractivity contribution in [1.82, 2.24) is 9.69 Å². The van der Waals surface area contributed by atoms with E-state index in [4.69, 9.17) is 25.4 Å². The average Bonchev–Trinajstić information content (AvgIpc) is 3.52. The molecule has 200 valence electrons. The van der Waals surface area contributed by atoms with Crippen molar-refractivity contribution in [2.24, 2.45) is 5.73 Å². The molecule has 0 radical (unpaired) electrons. The number of benzene rings is 1. The summed E-state index contributed by atoms with van der Waals surface area (Å²) in [6.45, 7) is 2.51. The molecule has 12 heteroatoms. The highest BCUT2D eigenvalue weighted by atomic mass is 32.1. The Morgan fingerprint density at radius 3 is 2.47 bits per heavy atom. The van der Waals surface area contributed by atoms with Crippen LogP contribution in [0.15, 0.2) is 34.7 Å². The Balaban J connectivity index is 1.62. The number of fused-ring (bicyclic) bond motifs is 1. The summed E-state index contributed by atoms with van der Waals surface area (Å²) in [5.41, 5.74) is 11.5. The molecule has 1 atom stereocenters. The predicted molar refractivity (Wildman–Crippen MR) is 140 cm³/mol. The molecule has 38 heavy (non-hydrogen) atoms. The number of furan rings is 1. The van der Waals surface area contributed by atoms with Gasteiger partial charge in [-0.2, -0.15) is 4.37 Å². The van der Waals surface area contributed by atoms with E-state index in [1.54, 1.807) is 37.3 Å². The van der Waals surface area contributed by atoms with Gasteiger partial charge in [0.2, 0.25) is 0 Å². The van der Waals surface area contributed by atoms with Crippen molar-refractivity contribution in [3.8, 4) is 11.5 Å². The van der Waals surface area contributed by atoms with Gasteiger partial charge >= 0.3 is 0 Å². The highest BCUT2D eigenvalue weighted by Crippen LogP contribution is 2.39. The first-order chi connectivity index (χ1) is 18.3. The van der Waals surface area contributed by atoms with Gasteiger partial charge in [-0.05, 0) is 55.6 Å². The third-order valence-electron chi connectivity index (χ3n) is 6.67. The zero-order valence-corrected chi connectivity index (χ0v) is 21.7. The lowest BCUT2D eigenvalue weighted by molar-refractivity contribution is -0.123. The number of nitrogens with two attached hydrogens (primary N) is 2. The topological polar surface area (TPSA) is 163 Å². The van der Waals surface area contributed by atoms with Crippen LogP contribution in [0, 0.1) is 6.92 Å². The zero-order valence-electron chi connectivity index (χ0n) is 20.9. The quantitative estimate of drug-likeness (QED) is 0.412. The van der Waals surface area contributed by atoms with E-state index in [0.717, 1.165) is 43.6 Å². The summed E-state index contributed by atoms with van der Waals surface area (Å²) in [7, 11) is 0. The lowest BCUT2D eigenvalue weighted by Crippen LogP contribution is -2.47. The first kappa shape index (κ1) is 25.6. The second-order valence-electron chi connectivity index (χ2n) is 9.34. The summed E-state index contributed by atoms with van der Waals surface area (Å²) >= 11 is 0.744. The van der Waals surface area contributed by atoms with Crippen molar-refractivity contribution >= 4 is 40.6 Å². The molecule has 2 aliphatic rings. The van der Waals surface area contributed by atoms with Crippen LogP contribution in [0.1, 0.15) is 69.8 Å². The van der Waals surface area contributed by atoms with Crippen LogP contribution >= 0.6 is 11.5 Å². The summed E-state index contributed by atoms with van der Waals surface area (Å²) in [6, 6.07) is 7.18. The molecule has 1 aromatic carbocycles. The molecule has 1 fully saturated rings. The lowest BCUT2D eigenvalue weighted by Gasteiger charge is -2.32. The van der Waals surface area contributed by atoms with E-state index in [1.807, 2.05) is 0 Å². The van der Waals surface area contributed by atoms with Crippen molar-refractivity contribution < 1.29 is 28.3 Å². The van der Waals surface area contributed by atoms with Gasteiger partial charge in [0.15, 0.2) is 23.2 Å². The van der Waals surface area contributed by atoms with Crippen molar-refractivity contribution in [2.75, 3.05) is 23.8 Å². The minimum atomic E-state index is -1.18. The van der Waals surface area contributed by atoms with Gasteiger partial charge in [-0.15, -0.1) is 0 Å². The van der Waals surface area contributed by atoms with Crippen LogP contribution in [0.4, 0.5) is 11.4 Å². The molecule has 2 aromatic heterocycles. The lowest BCUT2D eigenvalue weighted by atomic mass is 9.95. The number of primary amides is 1. The number of aryl methyl sites for hydroxylation is 1. The van der Waals surface area contributed by atoms with Gasteiger partial charge in [0.1, 0.15) is 29.6 Å². The Morgan fingerprint density at radius 2 is 1.82 bits per heavy atom. The average molecular weight is 540 g/mol. The van der Waals surface area contributed by atoms with Crippen LogP contribution < -0.4 is 31.2 Å². The minimum absolute atomic E-state index is 0.0121. The fourth-order valence-corrected chi connectivity index (χ4v) is 5.55. The largest absolute Gasteiger partial charge is 0.486 e. The van der Waals surface area contributed by atoms with Crippen LogP contribution in [0.2, 0.25) is 0 Å². The SMILES string of the molecule is Cc1ccc(C(C(=O)NC2CCCCC2)N(C(=O)c2snc(C(N)=O)c2N)c2ccc3c(c2)OCCO3)o1. The standard InChI is InChI=1S/C26H29N5O6S/c1-14-7-9-18(37-14)22(25(33)29-15-5-3-2-4-6-15)31(16-8-10-17-19(13-16)36-12-11-35-17)26(34)23-20(27)21(24(28)32)30-38-23/h7-10,13,15,22H,2-6,11-12,27H2,1H3,(H2,28,32)(H,29,33). The molecule has 0 saturated heterocycles. The van der Waals surface area contributed by atoms with Crippen LogP contribution in [0.5, 0.6) is 11.5 Å². The molecule has 3 amide bonds. The third kappa shape index (κ3) is 5.03. The van der Waals surface area contributed by atoms with Gasteiger partial charge in [0.25, 0.3) is 17.7 Å². The fraction of sp³-hybridized carbons (Fsp3) is 0.385. The Hall–Kier alpha value is -4.06. The number of hydrogen-bond acceptors (Lipinski definition) is 9. The number of amides is 3. The maximum atomic E-state index is 14.2. The number of rotatable bonds is 7. The van der Waals surface area contributed by atoms with E-state index in [2.05, 4.69) is 9.69 Å². The number of ether oxygens (including phenoxy) is 2. The summed E-state index contributed by atoms with van der Waals surface area (Å²) in [4.78, 5) is 41.2. The Kier molecular flexibility index (Phi) is 7.23. The van der Waals surface area contributed by atoms with Crippen molar-refractivity contribution in [3.63, 3.8) is 0 Å². The summed E-state index contributed by atoms with van der Waals surface area (Å²) < 4.78 is 21.3. The molecule has 0 spiro atoms. The second-order valence-corrected chi connectivity index (χ2v) is 10.1. The van der Waals surface area contributed by atoms with Crippen LogP contribution in [-0.4, -0.2) is 41.4 Å². The smallest absolute Gasteiger partial charge is 0.273 e. The zero-order chi connectivity index (χ0) is 26.8. The van der Waals surface area contributed by atoms with Gasteiger partial charge in [-0.25, -0.2) is 0 Å². The fourth-order valence-electron chi connectivity index (χ4n) is 4.81. The van der Waals surface area contributed by atoms with Gasteiger partial charge in [-0.1, -0.05) is 19.3 Å². The predicted octanol–water partition coefficient (Wildman–Crippen LogP) is 3.33. The van der Waals surface area contributed by atoms with E-state index < -0.39 is 23.8 Å². The van der Waals surface area contributed by atoms with Gasteiger partial charge in [0.05, 0.1) is 5.69 Å². The normalized spacial score (nSPS) is 16.0. The van der Waals surface area contributed by atoms with Gasteiger partial charge in [-0.3, -0.25) is 19.3 Å². The minimum Gasteiger partial charge on any atom is -0.486 e. The number of carbonyl (C=O) groups excluding carboxylic acids is 3. The first-order valence-electron chi connectivity index (χ1n) is 12.5. The number of nitrogens with zero attached hydrogens (tertiary/aromatic N) is 2. The second kappa shape index (κ2) is 10.7. The number of nitrogen functional groups attached to an aromatic ring is 1.